The van der Waals surface area contributed by atoms with Crippen molar-refractivity contribution in [3.8, 4) is 0 Å². The first-order valence-corrected chi connectivity index (χ1v) is 44.8. The molecular formula is C88H150BaO6S2. The van der Waals surface area contributed by atoms with Gasteiger partial charge < -0.3 is 9.11 Å². The van der Waals surface area contributed by atoms with Crippen LogP contribution in [0.1, 0.15) is 435 Å². The summed E-state index contributed by atoms with van der Waals surface area (Å²) in [5, 5.41) is 4.20. The Morgan fingerprint density at radius 2 is 0.381 bits per heavy atom. The summed E-state index contributed by atoms with van der Waals surface area (Å²) < 4.78 is 72.6. The van der Waals surface area contributed by atoms with Crippen molar-refractivity contribution in [1.29, 1.82) is 0 Å². The molecule has 97 heavy (non-hydrogen) atoms. The van der Waals surface area contributed by atoms with Crippen LogP contribution < -0.4 is 0 Å². The smallest absolute Gasteiger partial charge is 0.744 e. The summed E-state index contributed by atoms with van der Waals surface area (Å²) >= 11 is 0. The van der Waals surface area contributed by atoms with E-state index in [9.17, 15) is 25.9 Å². The molecule has 4 rings (SSSR count). The largest absolute Gasteiger partial charge is 2.00 e. The number of hydrogen-bond acceptors (Lipinski definition) is 6. The van der Waals surface area contributed by atoms with Gasteiger partial charge in [-0.1, -0.05) is 424 Å². The van der Waals surface area contributed by atoms with Crippen molar-refractivity contribution in [2.45, 2.75) is 448 Å². The third kappa shape index (κ3) is 47.7. The van der Waals surface area contributed by atoms with E-state index in [0.29, 0.717) is 0 Å². The Morgan fingerprint density at radius 3 is 0.557 bits per heavy atom. The van der Waals surface area contributed by atoms with Gasteiger partial charge in [0.1, 0.15) is 20.2 Å². The normalized spacial score (nSPS) is 11.9. The molecule has 0 fully saturated rings. The van der Waals surface area contributed by atoms with Crippen LogP contribution >= 0.6 is 0 Å². The van der Waals surface area contributed by atoms with Crippen molar-refractivity contribution in [2.75, 3.05) is 0 Å². The topological polar surface area (TPSA) is 114 Å². The van der Waals surface area contributed by atoms with Gasteiger partial charge in [-0.25, -0.2) is 16.8 Å². The zero-order valence-corrected chi connectivity index (χ0v) is 70.1. The van der Waals surface area contributed by atoms with Crippen LogP contribution in [0.25, 0.3) is 21.5 Å². The predicted octanol–water partition coefficient (Wildman–Crippen LogP) is 28.8. The summed E-state index contributed by atoms with van der Waals surface area (Å²) in [5.41, 5.74) is 4.42. The molecule has 0 saturated carbocycles. The third-order valence-corrected chi connectivity index (χ3v) is 22.7. The molecule has 0 saturated heterocycles. The van der Waals surface area contributed by atoms with Crippen LogP contribution in [-0.4, -0.2) is 74.8 Å². The van der Waals surface area contributed by atoms with Gasteiger partial charge in [-0.2, -0.15) is 0 Å². The molecule has 0 aliphatic rings. The molecule has 0 unspecified atom stereocenters. The Labute approximate surface area is 642 Å². The molecule has 6 nitrogen and oxygen atoms in total. The summed E-state index contributed by atoms with van der Waals surface area (Å²) in [5.74, 6) is 0. The molecular weight excluding hydrogens is 1350 g/mol. The van der Waals surface area contributed by atoms with Crippen LogP contribution in [0.2, 0.25) is 0 Å². The molecule has 0 bridgehead atoms. The number of benzene rings is 4. The summed E-state index contributed by atoms with van der Waals surface area (Å²) in [7, 11) is -8.99. The maximum Gasteiger partial charge on any atom is 2.00 e. The van der Waals surface area contributed by atoms with Gasteiger partial charge >= 0.3 is 48.9 Å². The zero-order chi connectivity index (χ0) is 69.1. The molecule has 0 amide bonds. The van der Waals surface area contributed by atoms with Gasteiger partial charge in [0.15, 0.2) is 0 Å². The Hall–Kier alpha value is -1.21. The minimum Gasteiger partial charge on any atom is -0.744 e. The molecule has 0 atom stereocenters. The second-order valence-electron chi connectivity index (χ2n) is 29.9. The molecule has 4 aromatic carbocycles. The van der Waals surface area contributed by atoms with Crippen LogP contribution in [0.15, 0.2) is 70.5 Å². The Bertz CT molecular complexity index is 2500. The van der Waals surface area contributed by atoms with Crippen LogP contribution in [0.4, 0.5) is 0 Å². The second-order valence-corrected chi connectivity index (χ2v) is 32.7. The quantitative estimate of drug-likeness (QED) is 0.0247. The Kier molecular flexibility index (Phi) is 59.9. The Morgan fingerprint density at radius 1 is 0.216 bits per heavy atom. The van der Waals surface area contributed by atoms with E-state index in [1.54, 1.807) is 24.3 Å². The number of unbranched alkanes of at least 4 members (excludes halogenated alkanes) is 56. The fourth-order valence-electron chi connectivity index (χ4n) is 14.9. The predicted molar refractivity (Wildman–Crippen MR) is 424 cm³/mol. The van der Waals surface area contributed by atoms with Crippen molar-refractivity contribution >= 4 is 90.7 Å². The molecule has 552 valence electrons. The third-order valence-electron chi connectivity index (χ3n) is 21.1. The van der Waals surface area contributed by atoms with Crippen molar-refractivity contribution in [3.05, 3.63) is 82.9 Å². The minimum absolute atomic E-state index is 0. The number of fused-ring (bicyclic) bond motifs is 2. The summed E-state index contributed by atoms with van der Waals surface area (Å²) in [6.45, 7) is 9.12. The molecule has 0 radical (unpaired) electrons. The summed E-state index contributed by atoms with van der Waals surface area (Å²) in [6, 6.07) is 19.3. The first kappa shape index (κ1) is 91.9. The summed E-state index contributed by atoms with van der Waals surface area (Å²) in [4.78, 5) is -0.121. The van der Waals surface area contributed by atoms with Crippen molar-refractivity contribution < 1.29 is 25.9 Å². The average molecular weight is 1510 g/mol. The van der Waals surface area contributed by atoms with E-state index in [1.165, 1.54) is 358 Å². The van der Waals surface area contributed by atoms with E-state index >= 15 is 0 Å². The maximum absolute atomic E-state index is 12.1. The molecule has 0 aliphatic carbocycles. The van der Waals surface area contributed by atoms with Crippen LogP contribution in [0, 0.1) is 0 Å². The van der Waals surface area contributed by atoms with E-state index in [4.69, 9.17) is 0 Å². The Balaban J connectivity index is 0.000000653. The van der Waals surface area contributed by atoms with E-state index in [2.05, 4.69) is 64.1 Å². The van der Waals surface area contributed by atoms with Gasteiger partial charge in [-0.15, -0.1) is 0 Å². The maximum atomic E-state index is 12.1. The zero-order valence-electron chi connectivity index (χ0n) is 64.0. The molecule has 9 heteroatoms. The van der Waals surface area contributed by atoms with E-state index in [1.807, 2.05) is 0 Å². The van der Waals surface area contributed by atoms with Crippen LogP contribution in [0.3, 0.4) is 0 Å². The van der Waals surface area contributed by atoms with Crippen LogP contribution in [-0.2, 0) is 45.9 Å². The number of aryl methyl sites for hydroxylation is 4. The molecule has 0 aromatic heterocycles. The van der Waals surface area contributed by atoms with E-state index in [0.717, 1.165) is 96.9 Å². The molecule has 4 aromatic rings. The van der Waals surface area contributed by atoms with Crippen molar-refractivity contribution in [2.24, 2.45) is 0 Å². The first-order valence-electron chi connectivity index (χ1n) is 41.9. The van der Waals surface area contributed by atoms with Gasteiger partial charge in [0.05, 0.1) is 9.79 Å². The fraction of sp³-hybridized carbons (Fsp3) is 0.773. The van der Waals surface area contributed by atoms with Gasteiger partial charge in [0.25, 0.3) is 0 Å². The average Bonchev–Trinajstić information content (AvgIpc) is 0.796. The molecule has 0 spiro atoms. The first-order chi connectivity index (χ1) is 46.9. The van der Waals surface area contributed by atoms with Gasteiger partial charge in [-0.3, -0.25) is 0 Å². The van der Waals surface area contributed by atoms with Crippen LogP contribution in [0.5, 0.6) is 0 Å². The van der Waals surface area contributed by atoms with Crippen molar-refractivity contribution in [3.63, 3.8) is 0 Å². The minimum atomic E-state index is -4.49. The SMILES string of the molecule is CCCCCCCCCCCCCCCCCc1cc(S(=O)(=O)[O-])cc2c(CCCCCCCCCCCCCCCCC)cccc12.CCCCCCCCCCCCCCCCCc1cc(S(=O)(=O)[O-])cc2c(CCCCCCCCCCCCCCCCC)cccc12.[Ba+2]. The second kappa shape index (κ2) is 63.3. The van der Waals surface area contributed by atoms with Gasteiger partial charge in [0, 0.05) is 0 Å². The monoisotopic (exact) mass is 1500 g/mol. The standard InChI is InChI=1S/2C44H76O3S.Ba/c2*1-3-5-7-9-11-13-15-17-19-21-23-25-27-29-31-34-40-36-33-37-43-41(38-42(39-44(40)43)48(45,46)47)35-32-30-28-26-24-22-20-18-16-14-12-10-8-6-4-2;/h2*33,36-39H,3-32,34-35H2,1-2H3,(H,45,46,47);/q;;+2/p-2. The molecule has 0 heterocycles. The van der Waals surface area contributed by atoms with Crippen molar-refractivity contribution in [1.82, 2.24) is 0 Å². The number of hydrogen-bond donors (Lipinski definition) is 0. The van der Waals surface area contributed by atoms with Gasteiger partial charge in [-0.05, 0) is 119 Å². The fourth-order valence-corrected chi connectivity index (χ4v) is 16.0. The molecule has 0 N–H and O–H groups in total. The van der Waals surface area contributed by atoms with E-state index in [-0.39, 0.29) is 58.7 Å². The van der Waals surface area contributed by atoms with E-state index < -0.39 is 20.2 Å². The van der Waals surface area contributed by atoms with Gasteiger partial charge in [0.2, 0.25) is 0 Å². The summed E-state index contributed by atoms with van der Waals surface area (Å²) in [6.07, 6.45) is 83.9. The number of rotatable bonds is 66. The molecule has 0 aliphatic heterocycles.